The summed E-state index contributed by atoms with van der Waals surface area (Å²) >= 11 is 0. The lowest BCUT2D eigenvalue weighted by molar-refractivity contribution is -0.386. The number of benzene rings is 1. The van der Waals surface area contributed by atoms with Crippen LogP contribution in [0.15, 0.2) is 18.2 Å². The van der Waals surface area contributed by atoms with Gasteiger partial charge in [-0.1, -0.05) is 6.07 Å². The lowest BCUT2D eigenvalue weighted by Gasteiger charge is -2.13. The molecule has 1 fully saturated rings. The van der Waals surface area contributed by atoms with E-state index in [1.807, 2.05) is 0 Å². The van der Waals surface area contributed by atoms with E-state index in [0.717, 1.165) is 13.0 Å². The number of hydrogen-bond donors (Lipinski definition) is 1. The van der Waals surface area contributed by atoms with Crippen molar-refractivity contribution in [3.05, 3.63) is 28.3 Å². The Morgan fingerprint density at radius 1 is 1.47 bits per heavy atom. The van der Waals surface area contributed by atoms with Gasteiger partial charge in [-0.3, -0.25) is 10.1 Å². The van der Waals surface area contributed by atoms with E-state index >= 15 is 0 Å². The van der Waals surface area contributed by atoms with Gasteiger partial charge in [-0.2, -0.15) is 0 Å². The molecule has 1 aromatic rings. The van der Waals surface area contributed by atoms with E-state index in [-0.39, 0.29) is 23.3 Å². The Hall–Kier alpha value is -1.82. The molecule has 1 aliphatic rings. The van der Waals surface area contributed by atoms with Gasteiger partial charge in [0, 0.05) is 6.54 Å². The number of rotatable bonds is 4. The maximum atomic E-state index is 11.0. The molecular formula is C11H14N2O4. The zero-order valence-corrected chi connectivity index (χ0v) is 9.51. The average Bonchev–Trinajstić information content (AvgIpc) is 2.81. The van der Waals surface area contributed by atoms with E-state index in [4.69, 9.17) is 9.47 Å². The smallest absolute Gasteiger partial charge is 0.352 e. The Morgan fingerprint density at radius 3 is 2.82 bits per heavy atom. The number of nitro groups is 1. The lowest BCUT2D eigenvalue weighted by Crippen LogP contribution is -2.20. The molecule has 0 aliphatic carbocycles. The summed E-state index contributed by atoms with van der Waals surface area (Å²) in [5.41, 5.74) is -0.109. The second kappa shape index (κ2) is 5.01. The highest BCUT2D eigenvalue weighted by Crippen LogP contribution is 2.37. The summed E-state index contributed by atoms with van der Waals surface area (Å²) in [6.45, 7) is 1.59. The van der Waals surface area contributed by atoms with Crippen molar-refractivity contribution in [3.63, 3.8) is 0 Å². The van der Waals surface area contributed by atoms with Gasteiger partial charge in [0.05, 0.1) is 12.0 Å². The molecule has 0 bridgehead atoms. The fourth-order valence-electron chi connectivity index (χ4n) is 1.85. The Bertz CT molecular complexity index is 416. The molecule has 2 rings (SSSR count). The predicted molar refractivity (Wildman–Crippen MR) is 61.6 cm³/mol. The summed E-state index contributed by atoms with van der Waals surface area (Å²) in [4.78, 5) is 10.5. The molecule has 1 aromatic carbocycles. The molecular weight excluding hydrogens is 224 g/mol. The lowest BCUT2D eigenvalue weighted by atomic mass is 10.2. The van der Waals surface area contributed by atoms with Crippen LogP contribution in [0.5, 0.6) is 11.5 Å². The topological polar surface area (TPSA) is 73.6 Å². The van der Waals surface area contributed by atoms with Crippen molar-refractivity contribution in [2.24, 2.45) is 0 Å². The normalized spacial score (nSPS) is 19.0. The Labute approximate surface area is 98.7 Å². The number of nitrogens with one attached hydrogen (secondary N) is 1. The third-order valence-electron chi connectivity index (χ3n) is 2.67. The number of ether oxygens (including phenoxy) is 2. The number of para-hydroxylation sites is 1. The van der Waals surface area contributed by atoms with Gasteiger partial charge in [0.15, 0.2) is 0 Å². The van der Waals surface area contributed by atoms with E-state index in [1.54, 1.807) is 18.2 Å². The highest BCUT2D eigenvalue weighted by molar-refractivity contribution is 5.57. The van der Waals surface area contributed by atoms with Crippen LogP contribution in [-0.2, 0) is 0 Å². The zero-order chi connectivity index (χ0) is 12.3. The SMILES string of the molecule is COc1cccc(OC2CCNC2)c1[N+](=O)[O-]. The van der Waals surface area contributed by atoms with Gasteiger partial charge >= 0.3 is 5.69 Å². The van der Waals surface area contributed by atoms with Crippen LogP contribution in [0.3, 0.4) is 0 Å². The molecule has 0 radical (unpaired) electrons. The third-order valence-corrected chi connectivity index (χ3v) is 2.67. The maximum absolute atomic E-state index is 11.0. The Balaban J connectivity index is 2.28. The standard InChI is InChI=1S/C11H14N2O4/c1-16-9-3-2-4-10(11(9)13(14)15)17-8-5-6-12-7-8/h2-4,8,12H,5-7H2,1H3. The van der Waals surface area contributed by atoms with Crippen molar-refractivity contribution < 1.29 is 14.4 Å². The summed E-state index contributed by atoms with van der Waals surface area (Å²) in [5, 5.41) is 14.1. The summed E-state index contributed by atoms with van der Waals surface area (Å²) in [7, 11) is 1.41. The van der Waals surface area contributed by atoms with Crippen molar-refractivity contribution in [1.29, 1.82) is 0 Å². The van der Waals surface area contributed by atoms with Gasteiger partial charge in [0.25, 0.3) is 0 Å². The highest BCUT2D eigenvalue weighted by Gasteiger charge is 2.25. The quantitative estimate of drug-likeness (QED) is 0.633. The van der Waals surface area contributed by atoms with Crippen LogP contribution in [0.4, 0.5) is 5.69 Å². The maximum Gasteiger partial charge on any atom is 0.352 e. The Morgan fingerprint density at radius 2 is 2.24 bits per heavy atom. The molecule has 92 valence electrons. The first kappa shape index (κ1) is 11.7. The van der Waals surface area contributed by atoms with Crippen molar-refractivity contribution in [3.8, 4) is 11.5 Å². The van der Waals surface area contributed by atoms with Gasteiger partial charge < -0.3 is 14.8 Å². The van der Waals surface area contributed by atoms with E-state index in [0.29, 0.717) is 6.54 Å². The van der Waals surface area contributed by atoms with Gasteiger partial charge in [0.1, 0.15) is 6.10 Å². The minimum Gasteiger partial charge on any atom is -0.490 e. The largest absolute Gasteiger partial charge is 0.490 e. The molecule has 6 nitrogen and oxygen atoms in total. The van der Waals surface area contributed by atoms with Crippen LogP contribution in [0.25, 0.3) is 0 Å². The van der Waals surface area contributed by atoms with E-state index < -0.39 is 4.92 Å². The zero-order valence-electron chi connectivity index (χ0n) is 9.51. The first-order chi connectivity index (χ1) is 8.22. The Kier molecular flexibility index (Phi) is 3.43. The monoisotopic (exact) mass is 238 g/mol. The van der Waals surface area contributed by atoms with Gasteiger partial charge in [-0.15, -0.1) is 0 Å². The molecule has 0 spiro atoms. The molecule has 1 heterocycles. The minimum absolute atomic E-state index is 0.0131. The number of hydrogen-bond acceptors (Lipinski definition) is 5. The van der Waals surface area contributed by atoms with Crippen LogP contribution in [0.2, 0.25) is 0 Å². The number of methoxy groups -OCH3 is 1. The third kappa shape index (κ3) is 2.47. The van der Waals surface area contributed by atoms with Crippen molar-refractivity contribution in [2.45, 2.75) is 12.5 Å². The molecule has 0 amide bonds. The molecule has 6 heteroatoms. The van der Waals surface area contributed by atoms with Gasteiger partial charge in [0.2, 0.25) is 11.5 Å². The molecule has 17 heavy (non-hydrogen) atoms. The fraction of sp³-hybridized carbons (Fsp3) is 0.455. The molecule has 1 atom stereocenters. The highest BCUT2D eigenvalue weighted by atomic mass is 16.6. The van der Waals surface area contributed by atoms with Crippen molar-refractivity contribution in [1.82, 2.24) is 5.32 Å². The molecule has 0 aromatic heterocycles. The van der Waals surface area contributed by atoms with E-state index in [1.165, 1.54) is 7.11 Å². The second-order valence-corrected chi connectivity index (χ2v) is 3.80. The van der Waals surface area contributed by atoms with Crippen molar-refractivity contribution >= 4 is 5.69 Å². The fourth-order valence-corrected chi connectivity index (χ4v) is 1.85. The van der Waals surface area contributed by atoms with Gasteiger partial charge in [-0.05, 0) is 25.1 Å². The summed E-state index contributed by atoms with van der Waals surface area (Å²) in [5.74, 6) is 0.488. The molecule has 1 saturated heterocycles. The molecule has 1 N–H and O–H groups in total. The molecule has 0 saturated carbocycles. The summed E-state index contributed by atoms with van der Waals surface area (Å²) in [6.07, 6.45) is 0.842. The van der Waals surface area contributed by atoms with E-state index in [2.05, 4.69) is 5.32 Å². The summed E-state index contributed by atoms with van der Waals surface area (Å²) < 4.78 is 10.6. The second-order valence-electron chi connectivity index (χ2n) is 3.80. The van der Waals surface area contributed by atoms with E-state index in [9.17, 15) is 10.1 Å². The van der Waals surface area contributed by atoms with Gasteiger partial charge in [-0.25, -0.2) is 0 Å². The average molecular weight is 238 g/mol. The first-order valence-corrected chi connectivity index (χ1v) is 5.41. The van der Waals surface area contributed by atoms with Crippen molar-refractivity contribution in [2.75, 3.05) is 20.2 Å². The first-order valence-electron chi connectivity index (χ1n) is 5.41. The van der Waals surface area contributed by atoms with Crippen LogP contribution in [0.1, 0.15) is 6.42 Å². The molecule has 1 unspecified atom stereocenters. The predicted octanol–water partition coefficient (Wildman–Crippen LogP) is 1.34. The molecule has 1 aliphatic heterocycles. The van der Waals surface area contributed by atoms with Crippen LogP contribution in [0, 0.1) is 10.1 Å². The number of nitro benzene ring substituents is 1. The van der Waals surface area contributed by atoms with Crippen LogP contribution in [-0.4, -0.2) is 31.2 Å². The van der Waals surface area contributed by atoms with Crippen LogP contribution >= 0.6 is 0 Å². The van der Waals surface area contributed by atoms with Crippen LogP contribution < -0.4 is 14.8 Å². The summed E-state index contributed by atoms with van der Waals surface area (Å²) in [6, 6.07) is 4.83. The number of nitrogens with zero attached hydrogens (tertiary/aromatic N) is 1. The minimum atomic E-state index is -0.476.